The Hall–Kier alpha value is -1.09. The van der Waals surface area contributed by atoms with E-state index in [0.717, 1.165) is 12.8 Å². The largest absolute Gasteiger partial charge is 0.339 e. The molecule has 1 fully saturated rings. The number of carbonyl (C=O) groups is 1. The topological polar surface area (TPSA) is 33.2 Å². The van der Waals surface area contributed by atoms with Gasteiger partial charge < -0.3 is 4.90 Å². The molecular weight excluding hydrogens is 260 g/mol. The molecule has 0 N–H and O–H groups in total. The molecule has 0 aromatic carbocycles. The molecule has 0 saturated heterocycles. The van der Waals surface area contributed by atoms with E-state index in [-0.39, 0.29) is 5.91 Å². The van der Waals surface area contributed by atoms with Crippen LogP contribution in [0.25, 0.3) is 0 Å². The minimum absolute atomic E-state index is 0.0361. The first-order valence-electron chi connectivity index (χ1n) is 6.78. The van der Waals surface area contributed by atoms with Gasteiger partial charge in [-0.3, -0.25) is 4.79 Å². The summed E-state index contributed by atoms with van der Waals surface area (Å²) in [5, 5.41) is 0.365. The molecule has 0 bridgehead atoms. The molecule has 0 spiro atoms. The summed E-state index contributed by atoms with van der Waals surface area (Å²) in [6, 6.07) is 3.69. The van der Waals surface area contributed by atoms with Crippen LogP contribution in [0.3, 0.4) is 0 Å². The molecule has 0 atom stereocenters. The number of hydrogen-bond donors (Lipinski definition) is 0. The standard InChI is InChI=1S/C15H21ClN2O/c1-15(2)7-4-12(5-8-15)18(3)14(19)11-6-9-17-13(16)10-11/h6,9-10,12H,4-5,7-8H2,1-3H3. The normalized spacial score (nSPS) is 19.2. The number of rotatable bonds is 2. The molecule has 1 aliphatic carbocycles. The first kappa shape index (κ1) is 14.3. The van der Waals surface area contributed by atoms with Crippen LogP contribution < -0.4 is 0 Å². The van der Waals surface area contributed by atoms with E-state index in [2.05, 4.69) is 18.8 Å². The van der Waals surface area contributed by atoms with Crippen LogP contribution in [0, 0.1) is 5.41 Å². The highest BCUT2D eigenvalue weighted by Crippen LogP contribution is 2.36. The van der Waals surface area contributed by atoms with Crippen LogP contribution in [-0.2, 0) is 0 Å². The van der Waals surface area contributed by atoms with Gasteiger partial charge >= 0.3 is 0 Å². The van der Waals surface area contributed by atoms with Crippen LogP contribution in [0.2, 0.25) is 5.15 Å². The van der Waals surface area contributed by atoms with E-state index in [9.17, 15) is 4.79 Å². The third-order valence-corrected chi connectivity index (χ3v) is 4.36. The van der Waals surface area contributed by atoms with Crippen molar-refractivity contribution in [2.24, 2.45) is 5.41 Å². The summed E-state index contributed by atoms with van der Waals surface area (Å²) in [6.45, 7) is 4.60. The van der Waals surface area contributed by atoms with Gasteiger partial charge in [0.05, 0.1) is 0 Å². The van der Waals surface area contributed by atoms with Crippen LogP contribution in [0.15, 0.2) is 18.3 Å². The molecular formula is C15H21ClN2O. The summed E-state index contributed by atoms with van der Waals surface area (Å²) >= 11 is 5.83. The Bertz CT molecular complexity index is 463. The van der Waals surface area contributed by atoms with Crippen LogP contribution in [0.1, 0.15) is 49.9 Å². The maximum atomic E-state index is 12.4. The molecule has 1 amide bonds. The Morgan fingerprint density at radius 3 is 2.63 bits per heavy atom. The first-order valence-corrected chi connectivity index (χ1v) is 7.15. The van der Waals surface area contributed by atoms with Crippen molar-refractivity contribution in [2.75, 3.05) is 7.05 Å². The highest BCUT2D eigenvalue weighted by Gasteiger charge is 2.30. The molecule has 0 aliphatic heterocycles. The smallest absolute Gasteiger partial charge is 0.254 e. The average molecular weight is 281 g/mol. The van der Waals surface area contributed by atoms with Gasteiger partial charge in [0.2, 0.25) is 0 Å². The molecule has 4 heteroatoms. The van der Waals surface area contributed by atoms with Crippen molar-refractivity contribution < 1.29 is 4.79 Å². The number of hydrogen-bond acceptors (Lipinski definition) is 2. The number of carbonyl (C=O) groups excluding carboxylic acids is 1. The van der Waals surface area contributed by atoms with Crippen LogP contribution >= 0.6 is 11.6 Å². The lowest BCUT2D eigenvalue weighted by molar-refractivity contribution is 0.0635. The van der Waals surface area contributed by atoms with Gasteiger partial charge in [0.25, 0.3) is 5.91 Å². The summed E-state index contributed by atoms with van der Waals surface area (Å²) in [4.78, 5) is 18.2. The SMILES string of the molecule is CN(C(=O)c1ccnc(Cl)c1)C1CCC(C)(C)CC1. The van der Waals surface area contributed by atoms with E-state index in [0.29, 0.717) is 22.2 Å². The van der Waals surface area contributed by atoms with Crippen molar-refractivity contribution in [1.82, 2.24) is 9.88 Å². The van der Waals surface area contributed by atoms with Gasteiger partial charge in [-0.05, 0) is 43.2 Å². The van der Waals surface area contributed by atoms with Crippen molar-refractivity contribution in [3.63, 3.8) is 0 Å². The maximum absolute atomic E-state index is 12.4. The predicted molar refractivity (Wildman–Crippen MR) is 77.4 cm³/mol. The Labute approximate surface area is 120 Å². The number of amides is 1. The zero-order chi connectivity index (χ0) is 14.0. The van der Waals surface area contributed by atoms with E-state index in [1.54, 1.807) is 18.3 Å². The lowest BCUT2D eigenvalue weighted by Crippen LogP contribution is -2.40. The fraction of sp³-hybridized carbons (Fsp3) is 0.600. The molecule has 1 heterocycles. The molecule has 104 valence electrons. The maximum Gasteiger partial charge on any atom is 0.254 e. The number of nitrogens with zero attached hydrogens (tertiary/aromatic N) is 2. The van der Waals surface area contributed by atoms with E-state index < -0.39 is 0 Å². The summed E-state index contributed by atoms with van der Waals surface area (Å²) in [5.41, 5.74) is 1.03. The van der Waals surface area contributed by atoms with E-state index >= 15 is 0 Å². The van der Waals surface area contributed by atoms with Gasteiger partial charge in [-0.2, -0.15) is 0 Å². The monoisotopic (exact) mass is 280 g/mol. The molecule has 1 aromatic rings. The van der Waals surface area contributed by atoms with Gasteiger partial charge in [0, 0.05) is 24.8 Å². The Morgan fingerprint density at radius 1 is 1.42 bits per heavy atom. The zero-order valence-corrected chi connectivity index (χ0v) is 12.6. The molecule has 3 nitrogen and oxygen atoms in total. The van der Waals surface area contributed by atoms with E-state index in [4.69, 9.17) is 11.6 Å². The van der Waals surface area contributed by atoms with Gasteiger partial charge in [-0.25, -0.2) is 4.98 Å². The van der Waals surface area contributed by atoms with E-state index in [1.165, 1.54) is 12.8 Å². The molecule has 0 unspecified atom stereocenters. The lowest BCUT2D eigenvalue weighted by Gasteiger charge is -2.38. The molecule has 19 heavy (non-hydrogen) atoms. The van der Waals surface area contributed by atoms with Gasteiger partial charge in [0.15, 0.2) is 0 Å². The van der Waals surface area contributed by atoms with Crippen LogP contribution in [-0.4, -0.2) is 28.9 Å². The highest BCUT2D eigenvalue weighted by molar-refractivity contribution is 6.29. The first-order chi connectivity index (χ1) is 8.89. The van der Waals surface area contributed by atoms with Crippen molar-refractivity contribution in [1.29, 1.82) is 0 Å². The zero-order valence-electron chi connectivity index (χ0n) is 11.8. The Kier molecular flexibility index (Phi) is 4.14. The number of aromatic nitrogens is 1. The average Bonchev–Trinajstić information content (AvgIpc) is 2.37. The molecule has 1 aliphatic rings. The summed E-state index contributed by atoms with van der Waals surface area (Å²) < 4.78 is 0. The van der Waals surface area contributed by atoms with Gasteiger partial charge in [-0.15, -0.1) is 0 Å². The summed E-state index contributed by atoms with van der Waals surface area (Å²) in [5.74, 6) is 0.0361. The Balaban J connectivity index is 2.04. The fourth-order valence-corrected chi connectivity index (χ4v) is 2.85. The second-order valence-electron chi connectivity index (χ2n) is 6.18. The predicted octanol–water partition coefficient (Wildman–Crippen LogP) is 3.78. The van der Waals surface area contributed by atoms with Gasteiger partial charge in [0.1, 0.15) is 5.15 Å². The minimum Gasteiger partial charge on any atom is -0.339 e. The number of pyridine rings is 1. The molecule has 1 saturated carbocycles. The van der Waals surface area contributed by atoms with Gasteiger partial charge in [-0.1, -0.05) is 25.4 Å². The molecule has 1 aromatic heterocycles. The van der Waals surface area contributed by atoms with Crippen molar-refractivity contribution in [3.05, 3.63) is 29.0 Å². The molecule has 2 rings (SSSR count). The van der Waals surface area contributed by atoms with E-state index in [1.807, 2.05) is 11.9 Å². The quantitative estimate of drug-likeness (QED) is 0.773. The van der Waals surface area contributed by atoms with Crippen LogP contribution in [0.5, 0.6) is 0 Å². The number of halogens is 1. The highest BCUT2D eigenvalue weighted by atomic mass is 35.5. The van der Waals surface area contributed by atoms with Crippen molar-refractivity contribution in [3.8, 4) is 0 Å². The Morgan fingerprint density at radius 2 is 2.05 bits per heavy atom. The second kappa shape index (κ2) is 5.49. The van der Waals surface area contributed by atoms with Crippen LogP contribution in [0.4, 0.5) is 0 Å². The summed E-state index contributed by atoms with van der Waals surface area (Å²) in [6.07, 6.45) is 6.08. The molecule has 0 radical (unpaired) electrons. The second-order valence-corrected chi connectivity index (χ2v) is 6.57. The minimum atomic E-state index is 0.0361. The third kappa shape index (κ3) is 3.47. The van der Waals surface area contributed by atoms with Crippen molar-refractivity contribution >= 4 is 17.5 Å². The lowest BCUT2D eigenvalue weighted by atomic mass is 9.75. The fourth-order valence-electron chi connectivity index (χ4n) is 2.68. The summed E-state index contributed by atoms with van der Waals surface area (Å²) in [7, 11) is 1.89. The third-order valence-electron chi connectivity index (χ3n) is 4.15. The van der Waals surface area contributed by atoms with Crippen molar-refractivity contribution in [2.45, 2.75) is 45.6 Å².